The zero-order valence-corrected chi connectivity index (χ0v) is 54.5. The number of carbonyl (C=O) groups is 1. The molecule has 1 heterocycles. The van der Waals surface area contributed by atoms with Crippen molar-refractivity contribution in [3.63, 3.8) is 0 Å². The van der Waals surface area contributed by atoms with Crippen molar-refractivity contribution >= 4 is 21.6 Å². The monoisotopic (exact) mass is 1330 g/mol. The molecule has 2 aliphatic carbocycles. The lowest BCUT2D eigenvalue weighted by molar-refractivity contribution is -0.337. The van der Waals surface area contributed by atoms with E-state index in [1.165, 1.54) is 122 Å². The first-order chi connectivity index (χ1) is 42.3. The maximum Gasteiger partial charge on any atom is 0.472 e. The number of aliphatic hydroxyl groups is 15. The number of ether oxygens (including phenoxy) is 2. The normalized spacial score (nSPS) is 32.0. The molecule has 0 aromatic carbocycles. The van der Waals surface area contributed by atoms with Gasteiger partial charge in [-0.1, -0.05) is 219 Å². The molecule has 0 aromatic heterocycles. The van der Waals surface area contributed by atoms with Gasteiger partial charge in [0.25, 0.3) is 0 Å². The summed E-state index contributed by atoms with van der Waals surface area (Å²) in [5.41, 5.74) is 0. The van der Waals surface area contributed by atoms with Crippen LogP contribution in [-0.4, -0.2) is 234 Å². The lowest BCUT2D eigenvalue weighted by Crippen LogP contribution is -2.67. The number of unbranched alkanes of at least 4 members (excludes halogenated alkanes) is 30. The molecule has 27 nitrogen and oxygen atoms in total. The van der Waals surface area contributed by atoms with Crippen LogP contribution in [0.25, 0.3) is 0 Å². The second-order valence-electron chi connectivity index (χ2n) is 25.1. The third-order valence-corrected chi connectivity index (χ3v) is 19.5. The lowest BCUT2D eigenvalue weighted by Gasteiger charge is -2.47. The quantitative estimate of drug-likeness (QED) is 0.0307. The Morgan fingerprint density at radius 1 is 0.416 bits per heavy atom. The van der Waals surface area contributed by atoms with Gasteiger partial charge in [0.05, 0.1) is 25.4 Å². The molecule has 0 spiro atoms. The molecule has 5 unspecified atom stereocenters. The summed E-state index contributed by atoms with van der Waals surface area (Å²) in [6.45, 7) is 2.05. The predicted molar refractivity (Wildman–Crippen MR) is 325 cm³/mol. The number of nitrogens with one attached hydrogen (secondary N) is 1. The van der Waals surface area contributed by atoms with Crippen LogP contribution in [0.3, 0.4) is 0 Å². The van der Waals surface area contributed by atoms with E-state index in [-0.39, 0.29) is 12.8 Å². The second-order valence-corrected chi connectivity index (χ2v) is 27.9. The molecule has 29 heteroatoms. The molecule has 3 aliphatic rings. The van der Waals surface area contributed by atoms with Gasteiger partial charge in [0.15, 0.2) is 6.29 Å². The number of carbonyl (C=O) groups excluding carboxylic acids is 1. The number of rotatable bonds is 50. The first-order valence-corrected chi connectivity index (χ1v) is 36.4. The highest BCUT2D eigenvalue weighted by atomic mass is 31.2. The van der Waals surface area contributed by atoms with Gasteiger partial charge in [-0.05, 0) is 12.8 Å². The standard InChI is InChI=1S/C60H117NO26P2/c1-3-5-7-9-11-13-15-17-18-19-20-21-22-23-24-26-28-30-32-34-36-41(63)59(77)61-39(43(64)40(62)35-33-31-29-27-25-16-14-12-10-8-6-4-2)37-82-88(78,79)87-58-54(75)50(71)49(70)53(74)57(58)85-60-55(76)45(66)44(65)42(84-60)38-83-89(80,81)86-56-51(72)47(68)46(67)48(69)52(56)73/h39-58,60,62-76H,3-38H2,1-2H3,(H,61,77)(H,78,79)(H,80,81)/t39-,40+,41-,42+,43-,44+,45-,46?,47-,48+,49+,50+,51+,52+,53-,54+,55-,56?,57+,58+,60?/m0/s1. The molecule has 1 saturated heterocycles. The molecule has 18 N–H and O–H groups in total. The Labute approximate surface area is 526 Å². The van der Waals surface area contributed by atoms with Crippen molar-refractivity contribution in [2.24, 2.45) is 0 Å². The van der Waals surface area contributed by atoms with Gasteiger partial charge in [-0.2, -0.15) is 0 Å². The fourth-order valence-corrected chi connectivity index (χ4v) is 13.6. The Hall–Kier alpha value is -0.990. The highest BCUT2D eigenvalue weighted by molar-refractivity contribution is 7.47. The summed E-state index contributed by atoms with van der Waals surface area (Å²) >= 11 is 0. The molecule has 3 fully saturated rings. The zero-order chi connectivity index (χ0) is 66.1. The molecular weight excluding hydrogens is 1210 g/mol. The van der Waals surface area contributed by atoms with Crippen molar-refractivity contribution in [2.75, 3.05) is 13.2 Å². The first-order valence-electron chi connectivity index (χ1n) is 33.4. The van der Waals surface area contributed by atoms with Crippen molar-refractivity contribution in [1.29, 1.82) is 0 Å². The van der Waals surface area contributed by atoms with E-state index in [9.17, 15) is 100 Å². The molecule has 0 radical (unpaired) electrons. The largest absolute Gasteiger partial charge is 0.472 e. The Morgan fingerprint density at radius 2 is 0.742 bits per heavy atom. The zero-order valence-electron chi connectivity index (χ0n) is 52.8. The number of phosphoric ester groups is 2. The van der Waals surface area contributed by atoms with E-state index in [4.69, 9.17) is 27.6 Å². The molecule has 528 valence electrons. The van der Waals surface area contributed by atoms with E-state index >= 15 is 0 Å². The van der Waals surface area contributed by atoms with Gasteiger partial charge < -0.3 is 101 Å². The summed E-state index contributed by atoms with van der Waals surface area (Å²) in [4.78, 5) is 35.0. The van der Waals surface area contributed by atoms with E-state index in [2.05, 4.69) is 19.2 Å². The number of aliphatic hydroxyl groups excluding tert-OH is 15. The Kier molecular flexibility index (Phi) is 41.3. The second kappa shape index (κ2) is 44.7. The van der Waals surface area contributed by atoms with Crippen LogP contribution in [0.4, 0.5) is 0 Å². The third kappa shape index (κ3) is 29.9. The van der Waals surface area contributed by atoms with Gasteiger partial charge in [0, 0.05) is 0 Å². The molecule has 3 rings (SSSR count). The summed E-state index contributed by atoms with van der Waals surface area (Å²) in [6, 6.07) is -1.69. The van der Waals surface area contributed by atoms with E-state index in [1.807, 2.05) is 0 Å². The van der Waals surface area contributed by atoms with Gasteiger partial charge in [-0.3, -0.25) is 22.9 Å². The van der Waals surface area contributed by atoms with Crippen molar-refractivity contribution in [3.8, 4) is 0 Å². The minimum Gasteiger partial charge on any atom is -0.390 e. The average Bonchev–Trinajstić information content (AvgIpc) is 3.39. The third-order valence-electron chi connectivity index (χ3n) is 17.5. The lowest BCUT2D eigenvalue weighted by atomic mass is 9.84. The van der Waals surface area contributed by atoms with Crippen LogP contribution in [-0.2, 0) is 41.5 Å². The molecule has 2 saturated carbocycles. The Morgan fingerprint density at radius 3 is 1.16 bits per heavy atom. The SMILES string of the molecule is CCCCCCCCCCCCCCCCCCCCCC[C@H](O)C(=O)N[C@@H](COP(=O)(O)O[C@@H]1[C@H](O)[C@H](O)[C@@H](O)[C@H](O)[C@H]1OC1O[C@H](COP(=O)(O)OC2[C@H](O)[C@H](O)C(O)[C@H](O)[C@H]2O)[C@@H](O)[C@H](O)[C@@H]1O)[C@H](O)[C@H](O)CCCCCCCCCCCCCC. The molecule has 0 bridgehead atoms. The number of hydrogen-bond donors (Lipinski definition) is 18. The molecule has 1 aliphatic heterocycles. The van der Waals surface area contributed by atoms with Gasteiger partial charge in [-0.25, -0.2) is 9.13 Å². The van der Waals surface area contributed by atoms with Gasteiger partial charge in [0.1, 0.15) is 110 Å². The van der Waals surface area contributed by atoms with Crippen LogP contribution in [0.2, 0.25) is 0 Å². The molecular formula is C60H117NO26P2. The molecule has 1 amide bonds. The van der Waals surface area contributed by atoms with Crippen LogP contribution in [0.5, 0.6) is 0 Å². The predicted octanol–water partition coefficient (Wildman–Crippen LogP) is 3.33. The van der Waals surface area contributed by atoms with E-state index in [1.54, 1.807) is 0 Å². The fraction of sp³-hybridized carbons (Fsp3) is 0.983. The molecule has 23 atom stereocenters. The number of hydrogen-bond acceptors (Lipinski definition) is 24. The first kappa shape index (κ1) is 82.2. The van der Waals surface area contributed by atoms with E-state index < -0.39 is 163 Å². The fourth-order valence-electron chi connectivity index (χ4n) is 11.7. The van der Waals surface area contributed by atoms with Gasteiger partial charge in [-0.15, -0.1) is 0 Å². The van der Waals surface area contributed by atoms with Crippen LogP contribution in [0, 0.1) is 0 Å². The molecule has 0 aromatic rings. The van der Waals surface area contributed by atoms with Crippen molar-refractivity contribution in [2.45, 2.75) is 360 Å². The summed E-state index contributed by atoms with van der Waals surface area (Å²) in [6.07, 6.45) is -7.48. The van der Waals surface area contributed by atoms with Gasteiger partial charge >= 0.3 is 15.6 Å². The van der Waals surface area contributed by atoms with Crippen LogP contribution >= 0.6 is 15.6 Å². The maximum atomic E-state index is 13.8. The highest BCUT2D eigenvalue weighted by Gasteiger charge is 2.56. The molecule has 89 heavy (non-hydrogen) atoms. The maximum absolute atomic E-state index is 13.8. The van der Waals surface area contributed by atoms with Crippen molar-refractivity contribution in [3.05, 3.63) is 0 Å². The minimum absolute atomic E-state index is 0.0369. The Balaban J connectivity index is 1.61. The average molecular weight is 1330 g/mol. The van der Waals surface area contributed by atoms with Crippen molar-refractivity contribution in [1.82, 2.24) is 5.32 Å². The summed E-state index contributed by atoms with van der Waals surface area (Å²) in [7, 11) is -11.2. The topological polar surface area (TPSA) is 463 Å². The van der Waals surface area contributed by atoms with Gasteiger partial charge in [0.2, 0.25) is 5.91 Å². The number of phosphoric acid groups is 2. The van der Waals surface area contributed by atoms with Crippen LogP contribution < -0.4 is 5.32 Å². The number of amides is 1. The highest BCUT2D eigenvalue weighted by Crippen LogP contribution is 2.49. The van der Waals surface area contributed by atoms with Crippen LogP contribution in [0.15, 0.2) is 0 Å². The summed E-state index contributed by atoms with van der Waals surface area (Å²) in [5.74, 6) is -0.989. The van der Waals surface area contributed by atoms with Crippen LogP contribution in [0.1, 0.15) is 232 Å². The minimum atomic E-state index is -5.68. The van der Waals surface area contributed by atoms with E-state index in [0.717, 1.165) is 64.2 Å². The Bertz CT molecular complexity index is 1930. The van der Waals surface area contributed by atoms with Crippen molar-refractivity contribution < 1.29 is 128 Å². The summed E-state index contributed by atoms with van der Waals surface area (Å²) in [5, 5.41) is 162. The summed E-state index contributed by atoms with van der Waals surface area (Å²) < 4.78 is 57.7. The van der Waals surface area contributed by atoms with E-state index in [0.29, 0.717) is 19.3 Å². The smallest absolute Gasteiger partial charge is 0.390 e.